The summed E-state index contributed by atoms with van der Waals surface area (Å²) in [5.41, 5.74) is 1.03. The molecule has 2 nitrogen and oxygen atoms in total. The molecule has 0 radical (unpaired) electrons. The van der Waals surface area contributed by atoms with Gasteiger partial charge in [0.25, 0.3) is 0 Å². The van der Waals surface area contributed by atoms with Crippen LogP contribution in [-0.2, 0) is 0 Å². The van der Waals surface area contributed by atoms with Gasteiger partial charge in [-0.1, -0.05) is 24.8 Å². The first-order valence-corrected chi connectivity index (χ1v) is 7.63. The second-order valence-electron chi connectivity index (χ2n) is 4.65. The minimum atomic E-state index is -0.211. The average Bonchev–Trinajstić information content (AvgIpc) is 2.45. The van der Waals surface area contributed by atoms with Gasteiger partial charge in [0.2, 0.25) is 0 Å². The summed E-state index contributed by atoms with van der Waals surface area (Å²) in [6.45, 7) is 5.24. The molecular formula is C16H19FN2S. The van der Waals surface area contributed by atoms with Gasteiger partial charge in [0.1, 0.15) is 5.82 Å². The molecular weight excluding hydrogens is 271 g/mol. The molecule has 0 amide bonds. The molecule has 0 bridgehead atoms. The largest absolute Gasteiger partial charge is 0.309 e. The van der Waals surface area contributed by atoms with Crippen LogP contribution in [0, 0.1) is 5.82 Å². The number of rotatable bonds is 6. The van der Waals surface area contributed by atoms with Crippen LogP contribution >= 0.6 is 11.8 Å². The highest BCUT2D eigenvalue weighted by Crippen LogP contribution is 2.27. The molecule has 2 rings (SSSR count). The lowest BCUT2D eigenvalue weighted by Gasteiger charge is -2.12. The van der Waals surface area contributed by atoms with E-state index in [0.29, 0.717) is 0 Å². The van der Waals surface area contributed by atoms with E-state index >= 15 is 0 Å². The zero-order valence-corrected chi connectivity index (χ0v) is 12.6. The maximum Gasteiger partial charge on any atom is 0.124 e. The van der Waals surface area contributed by atoms with Crippen molar-refractivity contribution < 1.29 is 4.39 Å². The van der Waals surface area contributed by atoms with Crippen molar-refractivity contribution in [3.63, 3.8) is 0 Å². The van der Waals surface area contributed by atoms with Crippen molar-refractivity contribution in [3.8, 4) is 0 Å². The maximum atomic E-state index is 13.1. The molecule has 20 heavy (non-hydrogen) atoms. The Bertz CT molecular complexity index is 542. The van der Waals surface area contributed by atoms with Crippen molar-refractivity contribution in [1.29, 1.82) is 0 Å². The summed E-state index contributed by atoms with van der Waals surface area (Å²) in [5.74, 6) is -0.211. The maximum absolute atomic E-state index is 13.1. The van der Waals surface area contributed by atoms with Gasteiger partial charge in [-0.05, 0) is 50.2 Å². The van der Waals surface area contributed by atoms with Crippen LogP contribution in [0.2, 0.25) is 0 Å². The van der Waals surface area contributed by atoms with Crippen molar-refractivity contribution in [3.05, 3.63) is 54.1 Å². The Morgan fingerprint density at radius 3 is 2.75 bits per heavy atom. The van der Waals surface area contributed by atoms with E-state index in [-0.39, 0.29) is 11.9 Å². The predicted octanol–water partition coefficient (Wildman–Crippen LogP) is 4.43. The SMILES string of the molecule is CCCNC(C)c1ccc(Sc2cccc(F)c2)cn1. The first-order chi connectivity index (χ1) is 9.69. The molecule has 0 fully saturated rings. The van der Waals surface area contributed by atoms with Crippen LogP contribution in [0.5, 0.6) is 0 Å². The number of nitrogens with zero attached hydrogens (tertiary/aromatic N) is 1. The third kappa shape index (κ3) is 4.32. The van der Waals surface area contributed by atoms with E-state index in [4.69, 9.17) is 0 Å². The average molecular weight is 290 g/mol. The molecule has 1 heterocycles. The highest BCUT2D eigenvalue weighted by Gasteiger charge is 2.06. The summed E-state index contributed by atoms with van der Waals surface area (Å²) in [6.07, 6.45) is 2.95. The predicted molar refractivity (Wildman–Crippen MR) is 81.5 cm³/mol. The summed E-state index contributed by atoms with van der Waals surface area (Å²) in [4.78, 5) is 6.37. The van der Waals surface area contributed by atoms with Crippen LogP contribution in [0.1, 0.15) is 32.0 Å². The second kappa shape index (κ2) is 7.41. The molecule has 1 atom stereocenters. The van der Waals surface area contributed by atoms with E-state index in [1.54, 1.807) is 6.07 Å². The smallest absolute Gasteiger partial charge is 0.124 e. The van der Waals surface area contributed by atoms with Gasteiger partial charge in [-0.2, -0.15) is 0 Å². The topological polar surface area (TPSA) is 24.9 Å². The Hall–Kier alpha value is -1.39. The van der Waals surface area contributed by atoms with Crippen LogP contribution in [0.15, 0.2) is 52.4 Å². The Morgan fingerprint density at radius 2 is 2.10 bits per heavy atom. The van der Waals surface area contributed by atoms with Gasteiger partial charge < -0.3 is 5.32 Å². The standard InChI is InChI=1S/C16H19FN2S/c1-3-9-18-12(2)16-8-7-15(11-19-16)20-14-6-4-5-13(17)10-14/h4-8,10-12,18H,3,9H2,1-2H3. The third-order valence-corrected chi connectivity index (χ3v) is 3.90. The number of hydrogen-bond donors (Lipinski definition) is 1. The number of halogens is 1. The summed E-state index contributed by atoms with van der Waals surface area (Å²) in [5, 5.41) is 3.41. The minimum absolute atomic E-state index is 0.211. The van der Waals surface area contributed by atoms with E-state index < -0.39 is 0 Å². The summed E-state index contributed by atoms with van der Waals surface area (Å²) < 4.78 is 13.1. The molecule has 0 spiro atoms. The van der Waals surface area contributed by atoms with Crippen LogP contribution < -0.4 is 5.32 Å². The first-order valence-electron chi connectivity index (χ1n) is 6.82. The Kier molecular flexibility index (Phi) is 5.56. The fourth-order valence-electron chi connectivity index (χ4n) is 1.84. The van der Waals surface area contributed by atoms with E-state index in [2.05, 4.69) is 24.1 Å². The van der Waals surface area contributed by atoms with Gasteiger partial charge >= 0.3 is 0 Å². The highest BCUT2D eigenvalue weighted by atomic mass is 32.2. The van der Waals surface area contributed by atoms with Crippen LogP contribution in [0.4, 0.5) is 4.39 Å². The number of benzene rings is 1. The van der Waals surface area contributed by atoms with Crippen molar-refractivity contribution in [2.45, 2.75) is 36.1 Å². The number of aromatic nitrogens is 1. The normalized spacial score (nSPS) is 12.3. The van der Waals surface area contributed by atoms with E-state index in [9.17, 15) is 4.39 Å². The molecule has 0 saturated heterocycles. The van der Waals surface area contributed by atoms with Gasteiger partial charge in [-0.15, -0.1) is 0 Å². The molecule has 1 unspecified atom stereocenters. The lowest BCUT2D eigenvalue weighted by molar-refractivity contribution is 0.558. The number of nitrogens with one attached hydrogen (secondary N) is 1. The highest BCUT2D eigenvalue weighted by molar-refractivity contribution is 7.99. The fourth-order valence-corrected chi connectivity index (χ4v) is 2.67. The third-order valence-electron chi connectivity index (χ3n) is 2.94. The Labute approximate surface area is 123 Å². The van der Waals surface area contributed by atoms with Gasteiger partial charge in [0.05, 0.1) is 5.69 Å². The van der Waals surface area contributed by atoms with E-state index in [0.717, 1.165) is 28.5 Å². The van der Waals surface area contributed by atoms with Crippen LogP contribution in [-0.4, -0.2) is 11.5 Å². The minimum Gasteiger partial charge on any atom is -0.309 e. The molecule has 1 aromatic heterocycles. The van der Waals surface area contributed by atoms with Gasteiger partial charge in [0.15, 0.2) is 0 Å². The molecule has 0 aliphatic heterocycles. The van der Waals surface area contributed by atoms with Crippen molar-refractivity contribution in [2.24, 2.45) is 0 Å². The summed E-state index contributed by atoms with van der Waals surface area (Å²) >= 11 is 1.52. The molecule has 1 aromatic carbocycles. The Balaban J connectivity index is 2.01. The van der Waals surface area contributed by atoms with Crippen molar-refractivity contribution in [2.75, 3.05) is 6.54 Å². The molecule has 106 valence electrons. The van der Waals surface area contributed by atoms with Gasteiger partial charge in [0, 0.05) is 22.0 Å². The Morgan fingerprint density at radius 1 is 1.25 bits per heavy atom. The van der Waals surface area contributed by atoms with Crippen molar-refractivity contribution >= 4 is 11.8 Å². The first kappa shape index (κ1) is 15.0. The van der Waals surface area contributed by atoms with E-state index in [1.807, 2.05) is 24.4 Å². The monoisotopic (exact) mass is 290 g/mol. The van der Waals surface area contributed by atoms with E-state index in [1.165, 1.54) is 23.9 Å². The van der Waals surface area contributed by atoms with Crippen molar-refractivity contribution in [1.82, 2.24) is 10.3 Å². The fraction of sp³-hybridized carbons (Fsp3) is 0.312. The van der Waals surface area contributed by atoms with Crippen LogP contribution in [0.25, 0.3) is 0 Å². The molecule has 0 aliphatic carbocycles. The molecule has 0 aliphatic rings. The molecule has 4 heteroatoms. The summed E-state index contributed by atoms with van der Waals surface area (Å²) in [6, 6.07) is 10.9. The zero-order valence-electron chi connectivity index (χ0n) is 11.8. The quantitative estimate of drug-likeness (QED) is 0.851. The lowest BCUT2D eigenvalue weighted by atomic mass is 10.2. The molecule has 0 saturated carbocycles. The summed E-state index contributed by atoms with van der Waals surface area (Å²) in [7, 11) is 0. The number of pyridine rings is 1. The number of hydrogen-bond acceptors (Lipinski definition) is 3. The molecule has 2 aromatic rings. The zero-order chi connectivity index (χ0) is 14.4. The second-order valence-corrected chi connectivity index (χ2v) is 5.80. The van der Waals surface area contributed by atoms with Gasteiger partial charge in [-0.25, -0.2) is 4.39 Å². The molecule has 1 N–H and O–H groups in total. The van der Waals surface area contributed by atoms with Crippen LogP contribution in [0.3, 0.4) is 0 Å². The van der Waals surface area contributed by atoms with Gasteiger partial charge in [-0.3, -0.25) is 4.98 Å². The lowest BCUT2D eigenvalue weighted by Crippen LogP contribution is -2.20.